The van der Waals surface area contributed by atoms with Gasteiger partial charge in [0.1, 0.15) is 18.2 Å². The predicted octanol–water partition coefficient (Wildman–Crippen LogP) is 5.28. The maximum absolute atomic E-state index is 13.5. The lowest BCUT2D eigenvalue weighted by Crippen LogP contribution is -2.02. The van der Waals surface area contributed by atoms with Crippen LogP contribution in [0, 0.1) is 15.9 Å². The van der Waals surface area contributed by atoms with Crippen LogP contribution in [-0.2, 0) is 6.61 Å². The quantitative estimate of drug-likeness (QED) is 0.217. The van der Waals surface area contributed by atoms with Gasteiger partial charge in [-0.2, -0.15) is 0 Å². The fraction of sp³-hybridized carbons (Fsp3) is 0.0952. The van der Waals surface area contributed by atoms with Crippen LogP contribution in [0.25, 0.3) is 6.08 Å². The maximum atomic E-state index is 13.5. The number of carbonyl (C=O) groups is 1. The summed E-state index contributed by atoms with van der Waals surface area (Å²) in [5, 5.41) is 12.9. The average Bonchev–Trinajstić information content (AvgIpc) is 3.25. The highest BCUT2D eigenvalue weighted by Crippen LogP contribution is 2.30. The predicted molar refractivity (Wildman–Crippen MR) is 108 cm³/mol. The van der Waals surface area contributed by atoms with Crippen LogP contribution in [-0.4, -0.2) is 17.8 Å². The van der Waals surface area contributed by atoms with Crippen molar-refractivity contribution in [2.45, 2.75) is 6.61 Å². The summed E-state index contributed by atoms with van der Waals surface area (Å²) in [6.07, 6.45) is 3.13. The summed E-state index contributed by atoms with van der Waals surface area (Å²) in [7, 11) is 1.49. The van der Waals surface area contributed by atoms with E-state index in [1.165, 1.54) is 24.5 Å². The van der Waals surface area contributed by atoms with Crippen molar-refractivity contribution < 1.29 is 23.6 Å². The smallest absolute Gasteiger partial charge is 0.311 e. The first kappa shape index (κ1) is 20.2. The number of benzene rings is 2. The number of ether oxygens (including phenoxy) is 2. The van der Waals surface area contributed by atoms with Gasteiger partial charge in [0.15, 0.2) is 11.5 Å². The van der Waals surface area contributed by atoms with E-state index in [2.05, 4.69) is 0 Å². The molecule has 0 unspecified atom stereocenters. The molecule has 1 aromatic heterocycles. The summed E-state index contributed by atoms with van der Waals surface area (Å²) >= 11 is 1.36. The van der Waals surface area contributed by atoms with E-state index in [1.54, 1.807) is 36.4 Å². The molecule has 0 aliphatic carbocycles. The van der Waals surface area contributed by atoms with Crippen molar-refractivity contribution in [1.29, 1.82) is 0 Å². The zero-order valence-corrected chi connectivity index (χ0v) is 16.1. The standard InChI is InChI=1S/C21H16FNO5S/c1-27-19-9-5-14(4-8-18(24)21-3-2-10-29-21)11-15(19)13-28-20-12-16(22)6-7-17(20)23(25)26/h2-12H,13H2,1H3/b8-4+. The molecule has 0 aliphatic heterocycles. The molecule has 1 heterocycles. The van der Waals surface area contributed by atoms with Crippen molar-refractivity contribution in [3.05, 3.63) is 91.9 Å². The minimum atomic E-state index is -0.638. The van der Waals surface area contributed by atoms with Gasteiger partial charge in [-0.25, -0.2) is 4.39 Å². The summed E-state index contributed by atoms with van der Waals surface area (Å²) in [4.78, 5) is 23.2. The van der Waals surface area contributed by atoms with E-state index in [0.29, 0.717) is 16.2 Å². The Balaban J connectivity index is 1.80. The van der Waals surface area contributed by atoms with E-state index in [9.17, 15) is 19.3 Å². The first-order valence-corrected chi connectivity index (χ1v) is 9.35. The second-order valence-electron chi connectivity index (χ2n) is 5.90. The Kier molecular flexibility index (Phi) is 6.36. The van der Waals surface area contributed by atoms with Crippen molar-refractivity contribution in [2.75, 3.05) is 7.11 Å². The molecule has 0 aliphatic rings. The Labute approximate surface area is 170 Å². The largest absolute Gasteiger partial charge is 0.496 e. The molecule has 0 saturated heterocycles. The highest BCUT2D eigenvalue weighted by molar-refractivity contribution is 7.12. The summed E-state index contributed by atoms with van der Waals surface area (Å²) in [6.45, 7) is -0.0754. The van der Waals surface area contributed by atoms with Gasteiger partial charge in [0.05, 0.1) is 16.9 Å². The third kappa shape index (κ3) is 5.05. The van der Waals surface area contributed by atoms with Crippen LogP contribution in [0.2, 0.25) is 0 Å². The Hall–Kier alpha value is -3.52. The van der Waals surface area contributed by atoms with E-state index >= 15 is 0 Å². The van der Waals surface area contributed by atoms with Gasteiger partial charge >= 0.3 is 5.69 Å². The minimum absolute atomic E-state index is 0.0754. The minimum Gasteiger partial charge on any atom is -0.496 e. The summed E-state index contributed by atoms with van der Waals surface area (Å²) < 4.78 is 24.3. The van der Waals surface area contributed by atoms with Gasteiger partial charge in [-0.05, 0) is 41.3 Å². The fourth-order valence-electron chi connectivity index (χ4n) is 2.60. The zero-order valence-electron chi connectivity index (χ0n) is 15.3. The molecule has 0 fully saturated rings. The van der Waals surface area contributed by atoms with Crippen LogP contribution in [0.15, 0.2) is 60.0 Å². The van der Waals surface area contributed by atoms with Crippen LogP contribution >= 0.6 is 11.3 Å². The molecule has 0 radical (unpaired) electrons. The molecule has 0 bridgehead atoms. The number of nitro benzene ring substituents is 1. The van der Waals surface area contributed by atoms with Gasteiger partial charge in [0, 0.05) is 17.7 Å². The number of halogens is 1. The van der Waals surface area contributed by atoms with E-state index in [4.69, 9.17) is 9.47 Å². The van der Waals surface area contributed by atoms with Crippen LogP contribution < -0.4 is 9.47 Å². The van der Waals surface area contributed by atoms with Gasteiger partial charge < -0.3 is 9.47 Å². The second kappa shape index (κ2) is 9.11. The molecule has 0 N–H and O–H groups in total. The Morgan fingerprint density at radius 2 is 2.03 bits per heavy atom. The lowest BCUT2D eigenvalue weighted by molar-refractivity contribution is -0.386. The highest BCUT2D eigenvalue weighted by Gasteiger charge is 2.17. The van der Waals surface area contributed by atoms with Crippen molar-refractivity contribution in [1.82, 2.24) is 0 Å². The Morgan fingerprint density at radius 3 is 2.72 bits per heavy atom. The fourth-order valence-corrected chi connectivity index (χ4v) is 3.24. The molecule has 0 saturated carbocycles. The van der Waals surface area contributed by atoms with E-state index in [0.717, 1.165) is 23.8 Å². The molecule has 6 nitrogen and oxygen atoms in total. The number of rotatable bonds is 8. The summed E-state index contributed by atoms with van der Waals surface area (Å²) in [5.41, 5.74) is 0.989. The second-order valence-corrected chi connectivity index (χ2v) is 6.85. The molecule has 0 spiro atoms. The molecule has 2 aromatic carbocycles. The van der Waals surface area contributed by atoms with E-state index < -0.39 is 10.7 Å². The number of ketones is 1. The molecular formula is C21H16FNO5S. The van der Waals surface area contributed by atoms with Gasteiger partial charge in [0.25, 0.3) is 0 Å². The van der Waals surface area contributed by atoms with Crippen molar-refractivity contribution >= 4 is 28.9 Å². The lowest BCUT2D eigenvalue weighted by Gasteiger charge is -2.11. The number of methoxy groups -OCH3 is 1. The monoisotopic (exact) mass is 413 g/mol. The van der Waals surface area contributed by atoms with Gasteiger partial charge in [-0.15, -0.1) is 11.3 Å². The lowest BCUT2D eigenvalue weighted by atomic mass is 10.1. The van der Waals surface area contributed by atoms with Crippen molar-refractivity contribution in [3.63, 3.8) is 0 Å². The normalized spacial score (nSPS) is 10.8. The van der Waals surface area contributed by atoms with Crippen LogP contribution in [0.1, 0.15) is 20.8 Å². The third-order valence-corrected chi connectivity index (χ3v) is 4.88. The highest BCUT2D eigenvalue weighted by atomic mass is 32.1. The topological polar surface area (TPSA) is 78.7 Å². The number of allylic oxidation sites excluding steroid dienone is 1. The SMILES string of the molecule is COc1ccc(/C=C/C(=O)c2cccs2)cc1COc1cc(F)ccc1[N+](=O)[O-]. The van der Waals surface area contributed by atoms with Crippen molar-refractivity contribution in [3.8, 4) is 11.5 Å². The molecule has 3 aromatic rings. The summed E-state index contributed by atoms with van der Waals surface area (Å²) in [5.74, 6) is -0.415. The molecule has 29 heavy (non-hydrogen) atoms. The first-order valence-electron chi connectivity index (χ1n) is 8.47. The molecule has 0 atom stereocenters. The molecule has 0 amide bonds. The average molecular weight is 413 g/mol. The van der Waals surface area contributed by atoms with Crippen LogP contribution in [0.4, 0.5) is 10.1 Å². The first-order chi connectivity index (χ1) is 14.0. The Bertz CT molecular complexity index is 1060. The maximum Gasteiger partial charge on any atom is 0.311 e. The molecule has 8 heteroatoms. The Morgan fingerprint density at radius 1 is 1.21 bits per heavy atom. The van der Waals surface area contributed by atoms with Gasteiger partial charge in [0.2, 0.25) is 0 Å². The number of thiophene rings is 1. The van der Waals surface area contributed by atoms with Crippen LogP contribution in [0.3, 0.4) is 0 Å². The number of hydrogen-bond acceptors (Lipinski definition) is 6. The number of hydrogen-bond donors (Lipinski definition) is 0. The number of carbonyl (C=O) groups excluding carboxylic acids is 1. The molecule has 3 rings (SSSR count). The van der Waals surface area contributed by atoms with E-state index in [1.807, 2.05) is 5.38 Å². The molecular weight excluding hydrogens is 397 g/mol. The molecule has 148 valence electrons. The number of nitrogens with zero attached hydrogens (tertiary/aromatic N) is 1. The van der Waals surface area contributed by atoms with Crippen molar-refractivity contribution in [2.24, 2.45) is 0 Å². The third-order valence-electron chi connectivity index (χ3n) is 4.00. The van der Waals surface area contributed by atoms with Gasteiger partial charge in [-0.3, -0.25) is 14.9 Å². The van der Waals surface area contributed by atoms with E-state index in [-0.39, 0.29) is 23.8 Å². The van der Waals surface area contributed by atoms with Gasteiger partial charge in [-0.1, -0.05) is 18.2 Å². The number of nitro groups is 1. The zero-order chi connectivity index (χ0) is 20.8. The van der Waals surface area contributed by atoms with Crippen LogP contribution in [0.5, 0.6) is 11.5 Å². The summed E-state index contributed by atoms with van der Waals surface area (Å²) in [6, 6.07) is 11.8.